The van der Waals surface area contributed by atoms with Crippen LogP contribution >= 0.6 is 0 Å². The summed E-state index contributed by atoms with van der Waals surface area (Å²) in [6.07, 6.45) is 0. The van der Waals surface area contributed by atoms with E-state index in [1.807, 2.05) is 12.1 Å². The maximum atomic E-state index is 11.0. The van der Waals surface area contributed by atoms with Crippen LogP contribution in [0.5, 0.6) is 5.88 Å². The average Bonchev–Trinajstić information content (AvgIpc) is 2.37. The maximum absolute atomic E-state index is 11.0. The number of hydrogen-bond acceptors (Lipinski definition) is 6. The number of carbonyl (C=O) groups is 1. The van der Waals surface area contributed by atoms with Gasteiger partial charge in [0, 0.05) is 24.4 Å². The van der Waals surface area contributed by atoms with Crippen LogP contribution < -0.4 is 21.1 Å². The van der Waals surface area contributed by atoms with Crippen LogP contribution in [-0.2, 0) is 4.79 Å². The molecular formula is C13H15N5O2. The van der Waals surface area contributed by atoms with Gasteiger partial charge in [0.25, 0.3) is 0 Å². The number of nitrogen functional groups attached to an aromatic ring is 1. The predicted molar refractivity (Wildman–Crippen MR) is 77.0 cm³/mol. The molecular weight excluding hydrogens is 258 g/mol. The van der Waals surface area contributed by atoms with Crippen molar-refractivity contribution in [2.45, 2.75) is 6.92 Å². The van der Waals surface area contributed by atoms with Crippen molar-refractivity contribution in [3.05, 3.63) is 30.3 Å². The second kappa shape index (κ2) is 5.87. The second-order valence-corrected chi connectivity index (χ2v) is 4.04. The van der Waals surface area contributed by atoms with Gasteiger partial charge in [-0.25, -0.2) is 0 Å². The lowest BCUT2D eigenvalue weighted by Crippen LogP contribution is -2.06. The normalized spacial score (nSPS) is 9.90. The van der Waals surface area contributed by atoms with Crippen molar-refractivity contribution in [2.24, 2.45) is 0 Å². The zero-order chi connectivity index (χ0) is 14.5. The smallest absolute Gasteiger partial charge is 0.225 e. The number of aromatic nitrogens is 2. The lowest BCUT2D eigenvalue weighted by Gasteiger charge is -2.09. The molecule has 1 amide bonds. The van der Waals surface area contributed by atoms with E-state index in [1.54, 1.807) is 18.2 Å². The van der Waals surface area contributed by atoms with Crippen molar-refractivity contribution in [2.75, 3.05) is 23.5 Å². The molecule has 1 aromatic carbocycles. The van der Waals surface area contributed by atoms with Crippen LogP contribution in [0.1, 0.15) is 6.92 Å². The minimum absolute atomic E-state index is 0.116. The van der Waals surface area contributed by atoms with Gasteiger partial charge in [0.15, 0.2) is 0 Å². The fourth-order valence-corrected chi connectivity index (χ4v) is 1.64. The first-order valence-corrected chi connectivity index (χ1v) is 5.90. The maximum Gasteiger partial charge on any atom is 0.225 e. The Balaban J connectivity index is 2.21. The second-order valence-electron chi connectivity index (χ2n) is 4.04. The van der Waals surface area contributed by atoms with E-state index in [0.717, 1.165) is 5.69 Å². The number of nitrogens with two attached hydrogens (primary N) is 1. The number of anilines is 4. The summed E-state index contributed by atoms with van der Waals surface area (Å²) in [5, 5.41) is 5.77. The molecule has 0 bridgehead atoms. The molecule has 104 valence electrons. The molecule has 0 saturated carbocycles. The Morgan fingerprint density at radius 2 is 2.00 bits per heavy atom. The Bertz CT molecular complexity index is 630. The molecule has 0 aliphatic carbocycles. The summed E-state index contributed by atoms with van der Waals surface area (Å²) < 4.78 is 5.02. The van der Waals surface area contributed by atoms with Crippen LogP contribution in [0.25, 0.3) is 0 Å². The fraction of sp³-hybridized carbons (Fsp3) is 0.154. The van der Waals surface area contributed by atoms with Crippen molar-refractivity contribution in [1.82, 2.24) is 9.97 Å². The van der Waals surface area contributed by atoms with E-state index in [4.69, 9.17) is 10.5 Å². The molecule has 0 atom stereocenters. The third kappa shape index (κ3) is 3.58. The standard InChI is InChI=1S/C13H15N5O2/c1-8(19)15-9-4-3-5-10(6-9)16-11-7-12(20-2)18-13(14)17-11/h3-7H,1-2H3,(H,15,19)(H3,14,16,17,18). The zero-order valence-corrected chi connectivity index (χ0v) is 11.2. The number of nitrogens with zero attached hydrogens (tertiary/aromatic N) is 2. The highest BCUT2D eigenvalue weighted by molar-refractivity contribution is 5.89. The number of nitrogens with one attached hydrogen (secondary N) is 2. The average molecular weight is 273 g/mol. The highest BCUT2D eigenvalue weighted by Gasteiger charge is 2.04. The van der Waals surface area contributed by atoms with E-state index in [9.17, 15) is 4.79 Å². The highest BCUT2D eigenvalue weighted by Crippen LogP contribution is 2.21. The number of benzene rings is 1. The van der Waals surface area contributed by atoms with Crippen molar-refractivity contribution in [3.63, 3.8) is 0 Å². The van der Waals surface area contributed by atoms with Crippen molar-refractivity contribution >= 4 is 29.0 Å². The summed E-state index contributed by atoms with van der Waals surface area (Å²) >= 11 is 0. The van der Waals surface area contributed by atoms with Gasteiger partial charge in [-0.15, -0.1) is 0 Å². The van der Waals surface area contributed by atoms with Crippen molar-refractivity contribution in [3.8, 4) is 5.88 Å². The molecule has 2 aromatic rings. The summed E-state index contributed by atoms with van der Waals surface area (Å²) in [6, 6.07) is 8.86. The van der Waals surface area contributed by atoms with Gasteiger partial charge in [0.05, 0.1) is 7.11 Å². The molecule has 2 rings (SSSR count). The van der Waals surface area contributed by atoms with Gasteiger partial charge < -0.3 is 21.1 Å². The van der Waals surface area contributed by atoms with Crippen LogP contribution in [-0.4, -0.2) is 23.0 Å². The van der Waals surface area contributed by atoms with Crippen LogP contribution in [0.2, 0.25) is 0 Å². The van der Waals surface area contributed by atoms with Crippen LogP contribution in [0.15, 0.2) is 30.3 Å². The van der Waals surface area contributed by atoms with Gasteiger partial charge in [-0.05, 0) is 18.2 Å². The summed E-state index contributed by atoms with van der Waals surface area (Å²) in [7, 11) is 1.50. The molecule has 0 aliphatic rings. The first-order valence-electron chi connectivity index (χ1n) is 5.90. The van der Waals surface area contributed by atoms with Crippen LogP contribution in [0.3, 0.4) is 0 Å². The zero-order valence-electron chi connectivity index (χ0n) is 11.2. The number of hydrogen-bond donors (Lipinski definition) is 3. The van der Waals surface area contributed by atoms with E-state index in [0.29, 0.717) is 17.4 Å². The Morgan fingerprint density at radius 1 is 1.25 bits per heavy atom. The lowest BCUT2D eigenvalue weighted by molar-refractivity contribution is -0.114. The number of rotatable bonds is 4. The SMILES string of the molecule is COc1cc(Nc2cccc(NC(C)=O)c2)nc(N)n1. The largest absolute Gasteiger partial charge is 0.481 e. The Hall–Kier alpha value is -2.83. The molecule has 0 unspecified atom stereocenters. The van der Waals surface area contributed by atoms with Crippen LogP contribution in [0.4, 0.5) is 23.1 Å². The molecule has 4 N–H and O–H groups in total. The van der Waals surface area contributed by atoms with Gasteiger partial charge >= 0.3 is 0 Å². The van der Waals surface area contributed by atoms with Gasteiger partial charge in [0.1, 0.15) is 5.82 Å². The summed E-state index contributed by atoms with van der Waals surface area (Å²) in [5.41, 5.74) is 7.04. The minimum Gasteiger partial charge on any atom is -0.481 e. The van der Waals surface area contributed by atoms with E-state index in [2.05, 4.69) is 20.6 Å². The quantitative estimate of drug-likeness (QED) is 0.784. The fourth-order valence-electron chi connectivity index (χ4n) is 1.64. The third-order valence-electron chi connectivity index (χ3n) is 2.38. The lowest BCUT2D eigenvalue weighted by atomic mass is 10.2. The van der Waals surface area contributed by atoms with Gasteiger partial charge in [0.2, 0.25) is 17.7 Å². The number of ether oxygens (including phenoxy) is 1. The Kier molecular flexibility index (Phi) is 3.99. The van der Waals surface area contributed by atoms with E-state index in [-0.39, 0.29) is 11.9 Å². The Morgan fingerprint density at radius 3 is 2.70 bits per heavy atom. The van der Waals surface area contributed by atoms with E-state index in [1.165, 1.54) is 14.0 Å². The predicted octanol–water partition coefficient (Wildman–Crippen LogP) is 1.77. The number of methoxy groups -OCH3 is 1. The van der Waals surface area contributed by atoms with Gasteiger partial charge in [-0.2, -0.15) is 9.97 Å². The summed E-state index contributed by atoms with van der Waals surface area (Å²) in [5.74, 6) is 0.868. The van der Waals surface area contributed by atoms with Gasteiger partial charge in [-0.1, -0.05) is 6.07 Å². The first-order chi connectivity index (χ1) is 9.56. The molecule has 0 radical (unpaired) electrons. The third-order valence-corrected chi connectivity index (χ3v) is 2.38. The van der Waals surface area contributed by atoms with Gasteiger partial charge in [-0.3, -0.25) is 4.79 Å². The summed E-state index contributed by atoms with van der Waals surface area (Å²) in [4.78, 5) is 19.0. The molecule has 0 fully saturated rings. The monoisotopic (exact) mass is 273 g/mol. The van der Waals surface area contributed by atoms with Crippen molar-refractivity contribution < 1.29 is 9.53 Å². The van der Waals surface area contributed by atoms with Crippen molar-refractivity contribution in [1.29, 1.82) is 0 Å². The molecule has 0 saturated heterocycles. The Labute approximate surface area is 116 Å². The molecule has 1 aromatic heterocycles. The summed E-state index contributed by atoms with van der Waals surface area (Å²) in [6.45, 7) is 1.45. The number of carbonyl (C=O) groups excluding carboxylic acids is 1. The molecule has 0 aliphatic heterocycles. The molecule has 7 heteroatoms. The van der Waals surface area contributed by atoms with E-state index >= 15 is 0 Å². The number of amides is 1. The molecule has 0 spiro atoms. The molecule has 7 nitrogen and oxygen atoms in total. The van der Waals surface area contributed by atoms with Crippen LogP contribution in [0, 0.1) is 0 Å². The van der Waals surface area contributed by atoms with E-state index < -0.39 is 0 Å². The highest BCUT2D eigenvalue weighted by atomic mass is 16.5. The topological polar surface area (TPSA) is 102 Å². The minimum atomic E-state index is -0.130. The molecule has 1 heterocycles. The first kappa shape index (κ1) is 13.6. The molecule has 20 heavy (non-hydrogen) atoms.